The number of fused-ring (bicyclic) bond motifs is 1. The second-order valence-corrected chi connectivity index (χ2v) is 6.40. The molecule has 2 aromatic carbocycles. The highest BCUT2D eigenvalue weighted by Crippen LogP contribution is 2.26. The van der Waals surface area contributed by atoms with Crippen molar-refractivity contribution in [2.45, 2.75) is 18.5 Å². The SMILES string of the molecule is O=C(NCCC(=O)N1CCC(F)(C(=O)O)C1)c1ccc2ccccc2c1. The number of hydrogen-bond donors (Lipinski definition) is 2. The minimum absolute atomic E-state index is 0.00494. The van der Waals surface area contributed by atoms with Gasteiger partial charge in [0.05, 0.1) is 6.54 Å². The van der Waals surface area contributed by atoms with Crippen LogP contribution in [0.25, 0.3) is 10.8 Å². The van der Waals surface area contributed by atoms with Crippen molar-refractivity contribution in [3.05, 3.63) is 48.0 Å². The minimum Gasteiger partial charge on any atom is -0.479 e. The Morgan fingerprint density at radius 3 is 2.58 bits per heavy atom. The number of amides is 2. The molecule has 0 spiro atoms. The van der Waals surface area contributed by atoms with E-state index in [2.05, 4.69) is 5.32 Å². The van der Waals surface area contributed by atoms with E-state index in [0.29, 0.717) is 5.56 Å². The molecule has 0 radical (unpaired) electrons. The number of carbonyl (C=O) groups is 3. The number of rotatable bonds is 5. The van der Waals surface area contributed by atoms with Crippen LogP contribution in [0.5, 0.6) is 0 Å². The van der Waals surface area contributed by atoms with Gasteiger partial charge in [0.1, 0.15) is 0 Å². The van der Waals surface area contributed by atoms with Gasteiger partial charge in [-0.25, -0.2) is 9.18 Å². The first kappa shape index (κ1) is 17.8. The third-order valence-corrected chi connectivity index (χ3v) is 4.59. The molecule has 136 valence electrons. The molecule has 26 heavy (non-hydrogen) atoms. The molecule has 1 fully saturated rings. The van der Waals surface area contributed by atoms with Gasteiger partial charge in [0.25, 0.3) is 5.91 Å². The van der Waals surface area contributed by atoms with E-state index in [0.717, 1.165) is 10.8 Å². The summed E-state index contributed by atoms with van der Waals surface area (Å²) in [5, 5.41) is 13.5. The van der Waals surface area contributed by atoms with Crippen LogP contribution in [-0.4, -0.2) is 53.1 Å². The lowest BCUT2D eigenvalue weighted by Crippen LogP contribution is -2.39. The molecular formula is C19H19FN2O4. The summed E-state index contributed by atoms with van der Waals surface area (Å²) in [7, 11) is 0. The van der Waals surface area contributed by atoms with Crippen molar-refractivity contribution in [3.8, 4) is 0 Å². The van der Waals surface area contributed by atoms with Gasteiger partial charge < -0.3 is 15.3 Å². The van der Waals surface area contributed by atoms with Crippen LogP contribution < -0.4 is 5.32 Å². The van der Waals surface area contributed by atoms with Gasteiger partial charge in [-0.05, 0) is 22.9 Å². The second-order valence-electron chi connectivity index (χ2n) is 6.40. The van der Waals surface area contributed by atoms with Crippen molar-refractivity contribution in [1.82, 2.24) is 10.2 Å². The summed E-state index contributed by atoms with van der Waals surface area (Å²) in [5.41, 5.74) is -1.88. The smallest absolute Gasteiger partial charge is 0.343 e. The summed E-state index contributed by atoms with van der Waals surface area (Å²) < 4.78 is 14.0. The quantitative estimate of drug-likeness (QED) is 0.856. The van der Waals surface area contributed by atoms with Crippen LogP contribution in [0, 0.1) is 0 Å². The van der Waals surface area contributed by atoms with Crippen LogP contribution in [0.4, 0.5) is 4.39 Å². The number of likely N-dealkylation sites (tertiary alicyclic amines) is 1. The first-order valence-corrected chi connectivity index (χ1v) is 8.36. The number of hydrogen-bond acceptors (Lipinski definition) is 3. The van der Waals surface area contributed by atoms with E-state index >= 15 is 0 Å². The van der Waals surface area contributed by atoms with Crippen LogP contribution in [-0.2, 0) is 9.59 Å². The number of nitrogens with zero attached hydrogens (tertiary/aromatic N) is 1. The zero-order chi connectivity index (χ0) is 18.7. The lowest BCUT2D eigenvalue weighted by atomic mass is 10.1. The van der Waals surface area contributed by atoms with Crippen LogP contribution in [0.3, 0.4) is 0 Å². The van der Waals surface area contributed by atoms with E-state index < -0.39 is 18.2 Å². The van der Waals surface area contributed by atoms with E-state index in [9.17, 15) is 18.8 Å². The Balaban J connectivity index is 1.52. The lowest BCUT2D eigenvalue weighted by molar-refractivity contribution is -0.150. The van der Waals surface area contributed by atoms with Gasteiger partial charge in [-0.2, -0.15) is 0 Å². The van der Waals surface area contributed by atoms with Crippen molar-refractivity contribution in [2.75, 3.05) is 19.6 Å². The third kappa shape index (κ3) is 3.66. The summed E-state index contributed by atoms with van der Waals surface area (Å²) in [6.45, 7) is -0.270. The van der Waals surface area contributed by atoms with Gasteiger partial charge in [-0.15, -0.1) is 0 Å². The van der Waals surface area contributed by atoms with E-state index in [4.69, 9.17) is 5.11 Å². The summed E-state index contributed by atoms with van der Waals surface area (Å²) >= 11 is 0. The van der Waals surface area contributed by atoms with Crippen LogP contribution in [0.15, 0.2) is 42.5 Å². The molecule has 6 nitrogen and oxygen atoms in total. The predicted molar refractivity (Wildman–Crippen MR) is 93.6 cm³/mol. The number of carboxylic acid groups (broad SMARTS) is 1. The van der Waals surface area contributed by atoms with E-state index in [1.807, 2.05) is 30.3 Å². The fourth-order valence-corrected chi connectivity index (χ4v) is 3.03. The lowest BCUT2D eigenvalue weighted by Gasteiger charge is -2.17. The van der Waals surface area contributed by atoms with Crippen molar-refractivity contribution in [2.24, 2.45) is 0 Å². The molecule has 0 aliphatic carbocycles. The molecule has 1 aliphatic heterocycles. The molecule has 3 rings (SSSR count). The normalized spacial score (nSPS) is 19.5. The number of carboxylic acids is 1. The van der Waals surface area contributed by atoms with Gasteiger partial charge in [0, 0.05) is 31.5 Å². The first-order chi connectivity index (χ1) is 12.4. The molecule has 2 aromatic rings. The number of carbonyl (C=O) groups excluding carboxylic acids is 2. The Bertz CT molecular complexity index is 869. The third-order valence-electron chi connectivity index (χ3n) is 4.59. The van der Waals surface area contributed by atoms with E-state index in [1.54, 1.807) is 12.1 Å². The highest BCUT2D eigenvalue weighted by molar-refractivity contribution is 5.98. The molecule has 2 N–H and O–H groups in total. The van der Waals surface area contributed by atoms with Crippen LogP contribution in [0.2, 0.25) is 0 Å². The summed E-state index contributed by atoms with van der Waals surface area (Å²) in [6.07, 6.45) is -0.216. The molecular weight excluding hydrogens is 339 g/mol. The standard InChI is InChI=1S/C19H19FN2O4/c20-19(18(25)26)8-10-22(12-19)16(23)7-9-21-17(24)15-6-5-13-3-1-2-4-14(13)11-15/h1-6,11H,7-10,12H2,(H,21,24)(H,25,26). The molecule has 1 aliphatic rings. The molecule has 2 amide bonds. The molecule has 0 bridgehead atoms. The van der Waals surface area contributed by atoms with Gasteiger partial charge >= 0.3 is 5.97 Å². The maximum absolute atomic E-state index is 14.0. The van der Waals surface area contributed by atoms with Crippen LogP contribution in [0.1, 0.15) is 23.2 Å². The maximum Gasteiger partial charge on any atom is 0.343 e. The summed E-state index contributed by atoms with van der Waals surface area (Å²) in [4.78, 5) is 36.3. The second kappa shape index (κ2) is 7.11. The molecule has 1 heterocycles. The average molecular weight is 358 g/mol. The largest absolute Gasteiger partial charge is 0.479 e. The highest BCUT2D eigenvalue weighted by Gasteiger charge is 2.46. The van der Waals surface area contributed by atoms with Crippen molar-refractivity contribution in [1.29, 1.82) is 0 Å². The van der Waals surface area contributed by atoms with Gasteiger partial charge in [0.15, 0.2) is 0 Å². The van der Waals surface area contributed by atoms with Crippen molar-refractivity contribution >= 4 is 28.6 Å². The van der Waals surface area contributed by atoms with Crippen molar-refractivity contribution in [3.63, 3.8) is 0 Å². The Morgan fingerprint density at radius 1 is 1.15 bits per heavy atom. The highest BCUT2D eigenvalue weighted by atomic mass is 19.1. The fraction of sp³-hybridized carbons (Fsp3) is 0.316. The minimum atomic E-state index is -2.37. The van der Waals surface area contributed by atoms with Gasteiger partial charge in [-0.3, -0.25) is 9.59 Å². The zero-order valence-corrected chi connectivity index (χ0v) is 14.1. The monoisotopic (exact) mass is 358 g/mol. The average Bonchev–Trinajstić information content (AvgIpc) is 3.05. The van der Waals surface area contributed by atoms with Crippen molar-refractivity contribution < 1.29 is 23.9 Å². The molecule has 1 saturated heterocycles. The molecule has 1 atom stereocenters. The number of aliphatic carboxylic acids is 1. The number of benzene rings is 2. The molecule has 7 heteroatoms. The van der Waals surface area contributed by atoms with E-state index in [1.165, 1.54) is 4.90 Å². The fourth-order valence-electron chi connectivity index (χ4n) is 3.03. The molecule has 0 saturated carbocycles. The molecule has 1 unspecified atom stereocenters. The Hall–Kier alpha value is -2.96. The Morgan fingerprint density at radius 2 is 1.88 bits per heavy atom. The maximum atomic E-state index is 14.0. The Kier molecular flexibility index (Phi) is 4.88. The topological polar surface area (TPSA) is 86.7 Å². The summed E-state index contributed by atoms with van der Waals surface area (Å²) in [5.74, 6) is -2.21. The number of halogens is 1. The molecule has 0 aromatic heterocycles. The number of nitrogens with one attached hydrogen (secondary N) is 1. The van der Waals surface area contributed by atoms with E-state index in [-0.39, 0.29) is 37.7 Å². The van der Waals surface area contributed by atoms with Gasteiger partial charge in [-0.1, -0.05) is 30.3 Å². The van der Waals surface area contributed by atoms with Gasteiger partial charge in [0.2, 0.25) is 11.6 Å². The zero-order valence-electron chi connectivity index (χ0n) is 14.1. The van der Waals surface area contributed by atoms with Crippen LogP contribution >= 0.6 is 0 Å². The number of alkyl halides is 1. The first-order valence-electron chi connectivity index (χ1n) is 8.36. The Labute approximate surface area is 149 Å². The predicted octanol–water partition coefficient (Wildman–Crippen LogP) is 1.98. The summed E-state index contributed by atoms with van der Waals surface area (Å²) in [6, 6.07) is 13.0.